The van der Waals surface area contributed by atoms with Gasteiger partial charge in [-0.15, -0.1) is 0 Å². The minimum atomic E-state index is 0.512. The van der Waals surface area contributed by atoms with E-state index in [1.165, 1.54) is 5.56 Å². The predicted octanol–water partition coefficient (Wildman–Crippen LogP) is 1.77. The van der Waals surface area contributed by atoms with Crippen molar-refractivity contribution in [1.82, 2.24) is 19.4 Å². The smallest absolute Gasteiger partial charge is 0.160 e. The molecular formula is C15H20N4O. The fourth-order valence-corrected chi connectivity index (χ4v) is 3.01. The molecule has 0 aliphatic carbocycles. The molecule has 2 aliphatic rings. The first-order valence-corrected chi connectivity index (χ1v) is 7.39. The molecular weight excluding hydrogens is 252 g/mol. The van der Waals surface area contributed by atoms with Gasteiger partial charge in [-0.05, 0) is 25.5 Å². The zero-order valence-corrected chi connectivity index (χ0v) is 12.0. The SMILES string of the molecule is CC(C)N1CCn2c(nc3cc(C4COC4)cnc32)C1. The number of fused-ring (bicyclic) bond motifs is 3. The van der Waals surface area contributed by atoms with Gasteiger partial charge in [-0.2, -0.15) is 0 Å². The summed E-state index contributed by atoms with van der Waals surface area (Å²) < 4.78 is 7.54. The highest BCUT2D eigenvalue weighted by Gasteiger charge is 2.25. The second kappa shape index (κ2) is 4.53. The normalized spacial score (nSPS) is 20.4. The lowest BCUT2D eigenvalue weighted by molar-refractivity contribution is 0.00835. The molecule has 5 nitrogen and oxygen atoms in total. The molecule has 0 spiro atoms. The average molecular weight is 272 g/mol. The molecule has 0 radical (unpaired) electrons. The van der Waals surface area contributed by atoms with Gasteiger partial charge in [0, 0.05) is 31.2 Å². The van der Waals surface area contributed by atoms with E-state index in [4.69, 9.17) is 9.72 Å². The molecule has 2 aromatic rings. The molecule has 0 amide bonds. The van der Waals surface area contributed by atoms with Crippen molar-refractivity contribution in [1.29, 1.82) is 0 Å². The van der Waals surface area contributed by atoms with Crippen molar-refractivity contribution in [2.45, 2.75) is 38.9 Å². The van der Waals surface area contributed by atoms with Gasteiger partial charge in [0.1, 0.15) is 11.3 Å². The number of imidazole rings is 1. The van der Waals surface area contributed by atoms with Crippen LogP contribution in [0.25, 0.3) is 11.2 Å². The second-order valence-electron chi connectivity index (χ2n) is 6.09. The van der Waals surface area contributed by atoms with Gasteiger partial charge in [0.2, 0.25) is 0 Å². The fourth-order valence-electron chi connectivity index (χ4n) is 3.01. The molecule has 4 heterocycles. The Hall–Kier alpha value is -1.46. The van der Waals surface area contributed by atoms with Crippen LogP contribution < -0.4 is 0 Å². The fraction of sp³-hybridized carbons (Fsp3) is 0.600. The molecule has 0 saturated carbocycles. The standard InChI is InChI=1S/C15H20N4O/c1-10(2)18-3-4-19-14(7-18)17-13-5-11(6-16-15(13)19)12-8-20-9-12/h5-6,10,12H,3-4,7-9H2,1-2H3. The first kappa shape index (κ1) is 12.3. The lowest BCUT2D eigenvalue weighted by atomic mass is 9.99. The Labute approximate surface area is 118 Å². The summed E-state index contributed by atoms with van der Waals surface area (Å²) in [6.07, 6.45) is 2.00. The van der Waals surface area contributed by atoms with Gasteiger partial charge >= 0.3 is 0 Å². The number of aromatic nitrogens is 3. The van der Waals surface area contributed by atoms with E-state index in [-0.39, 0.29) is 0 Å². The van der Waals surface area contributed by atoms with Crippen molar-refractivity contribution in [2.75, 3.05) is 19.8 Å². The Morgan fingerprint density at radius 1 is 1.30 bits per heavy atom. The third-order valence-electron chi connectivity index (χ3n) is 4.48. The van der Waals surface area contributed by atoms with Crippen LogP contribution in [0.2, 0.25) is 0 Å². The molecule has 1 saturated heterocycles. The molecule has 0 atom stereocenters. The van der Waals surface area contributed by atoms with Crippen LogP contribution in [0, 0.1) is 0 Å². The minimum absolute atomic E-state index is 0.512. The molecule has 0 aromatic carbocycles. The van der Waals surface area contributed by atoms with Gasteiger partial charge < -0.3 is 9.30 Å². The number of hydrogen-bond acceptors (Lipinski definition) is 4. The molecule has 5 heteroatoms. The van der Waals surface area contributed by atoms with Gasteiger partial charge in [0.25, 0.3) is 0 Å². The van der Waals surface area contributed by atoms with Crippen molar-refractivity contribution in [3.63, 3.8) is 0 Å². The highest BCUT2D eigenvalue weighted by molar-refractivity contribution is 5.72. The second-order valence-corrected chi connectivity index (χ2v) is 6.09. The van der Waals surface area contributed by atoms with E-state index in [0.29, 0.717) is 12.0 Å². The van der Waals surface area contributed by atoms with Crippen LogP contribution in [0.5, 0.6) is 0 Å². The average Bonchev–Trinajstić information content (AvgIpc) is 2.73. The zero-order valence-electron chi connectivity index (χ0n) is 12.0. The van der Waals surface area contributed by atoms with Crippen LogP contribution in [0.3, 0.4) is 0 Å². The Balaban J connectivity index is 1.72. The van der Waals surface area contributed by atoms with Crippen molar-refractivity contribution in [3.8, 4) is 0 Å². The van der Waals surface area contributed by atoms with E-state index < -0.39 is 0 Å². The van der Waals surface area contributed by atoms with E-state index >= 15 is 0 Å². The van der Waals surface area contributed by atoms with E-state index in [9.17, 15) is 0 Å². The maximum Gasteiger partial charge on any atom is 0.160 e. The van der Waals surface area contributed by atoms with Crippen LogP contribution in [-0.4, -0.2) is 45.2 Å². The largest absolute Gasteiger partial charge is 0.380 e. The third kappa shape index (κ3) is 1.84. The molecule has 2 aliphatic heterocycles. The van der Waals surface area contributed by atoms with Crippen LogP contribution in [0.15, 0.2) is 12.3 Å². The maximum absolute atomic E-state index is 5.26. The van der Waals surface area contributed by atoms with Crippen molar-refractivity contribution in [2.24, 2.45) is 0 Å². The topological polar surface area (TPSA) is 43.2 Å². The van der Waals surface area contributed by atoms with Gasteiger partial charge in [0.15, 0.2) is 5.65 Å². The van der Waals surface area contributed by atoms with Crippen LogP contribution >= 0.6 is 0 Å². The molecule has 0 bridgehead atoms. The molecule has 106 valence electrons. The first-order chi connectivity index (χ1) is 9.72. The predicted molar refractivity (Wildman–Crippen MR) is 76.6 cm³/mol. The molecule has 1 fully saturated rings. The van der Waals surface area contributed by atoms with Crippen molar-refractivity contribution < 1.29 is 4.74 Å². The Kier molecular flexibility index (Phi) is 2.79. The Bertz CT molecular complexity index is 645. The maximum atomic E-state index is 5.26. The number of hydrogen-bond donors (Lipinski definition) is 0. The lowest BCUT2D eigenvalue weighted by Gasteiger charge is -2.30. The van der Waals surface area contributed by atoms with E-state index in [2.05, 4.69) is 34.4 Å². The van der Waals surface area contributed by atoms with E-state index in [1.54, 1.807) is 0 Å². The quantitative estimate of drug-likeness (QED) is 0.835. The van der Waals surface area contributed by atoms with Crippen LogP contribution in [0.1, 0.15) is 31.2 Å². The molecule has 2 aromatic heterocycles. The summed E-state index contributed by atoms with van der Waals surface area (Å²) in [5.74, 6) is 1.66. The monoisotopic (exact) mass is 272 g/mol. The summed E-state index contributed by atoms with van der Waals surface area (Å²) in [6.45, 7) is 9.12. The highest BCUT2D eigenvalue weighted by Crippen LogP contribution is 2.27. The van der Waals surface area contributed by atoms with Gasteiger partial charge in [-0.3, -0.25) is 4.90 Å². The van der Waals surface area contributed by atoms with Gasteiger partial charge in [-0.1, -0.05) is 0 Å². The van der Waals surface area contributed by atoms with E-state index in [0.717, 1.165) is 49.8 Å². The summed E-state index contributed by atoms with van der Waals surface area (Å²) in [6, 6.07) is 2.76. The Morgan fingerprint density at radius 2 is 2.15 bits per heavy atom. The lowest BCUT2D eigenvalue weighted by Crippen LogP contribution is -2.38. The summed E-state index contributed by atoms with van der Waals surface area (Å²) in [4.78, 5) is 11.9. The summed E-state index contributed by atoms with van der Waals surface area (Å²) in [7, 11) is 0. The minimum Gasteiger partial charge on any atom is -0.380 e. The molecule has 20 heavy (non-hydrogen) atoms. The van der Waals surface area contributed by atoms with E-state index in [1.807, 2.05) is 6.20 Å². The van der Waals surface area contributed by atoms with Crippen molar-refractivity contribution in [3.05, 3.63) is 23.7 Å². The summed E-state index contributed by atoms with van der Waals surface area (Å²) >= 11 is 0. The highest BCUT2D eigenvalue weighted by atomic mass is 16.5. The van der Waals surface area contributed by atoms with Crippen LogP contribution in [0.4, 0.5) is 0 Å². The number of ether oxygens (including phenoxy) is 1. The zero-order chi connectivity index (χ0) is 13.7. The van der Waals surface area contributed by atoms with Gasteiger partial charge in [-0.25, -0.2) is 9.97 Å². The molecule has 0 N–H and O–H groups in total. The number of pyridine rings is 1. The Morgan fingerprint density at radius 3 is 2.85 bits per heavy atom. The van der Waals surface area contributed by atoms with Crippen molar-refractivity contribution >= 4 is 11.2 Å². The van der Waals surface area contributed by atoms with Crippen LogP contribution in [-0.2, 0) is 17.8 Å². The summed E-state index contributed by atoms with van der Waals surface area (Å²) in [5, 5.41) is 0. The summed E-state index contributed by atoms with van der Waals surface area (Å²) in [5.41, 5.74) is 3.34. The number of rotatable bonds is 2. The number of nitrogens with zero attached hydrogens (tertiary/aromatic N) is 4. The first-order valence-electron chi connectivity index (χ1n) is 7.39. The molecule has 4 rings (SSSR count). The molecule has 0 unspecified atom stereocenters. The van der Waals surface area contributed by atoms with Gasteiger partial charge in [0.05, 0.1) is 19.8 Å². The third-order valence-corrected chi connectivity index (χ3v) is 4.48.